The van der Waals surface area contributed by atoms with Crippen molar-refractivity contribution < 1.29 is 4.79 Å². The molecule has 3 heteroatoms. The highest BCUT2D eigenvalue weighted by Gasteiger charge is 2.26. The monoisotopic (exact) mass is 229 g/mol. The zero-order valence-electron chi connectivity index (χ0n) is 8.64. The Morgan fingerprint density at radius 1 is 1.12 bits per heavy atom. The molecule has 2 aromatic carbocycles. The molecule has 1 heterocycles. The molecular formula is C13H11NOS. The number of hydrogen-bond acceptors (Lipinski definition) is 2. The van der Waals surface area contributed by atoms with Crippen molar-refractivity contribution in [2.45, 2.75) is 16.7 Å². The lowest BCUT2D eigenvalue weighted by Gasteiger charge is -2.26. The first-order valence-electron chi connectivity index (χ1n) is 5.27. The second-order valence-electron chi connectivity index (χ2n) is 3.86. The second-order valence-corrected chi connectivity index (χ2v) is 5.10. The predicted molar refractivity (Wildman–Crippen MR) is 66.4 cm³/mol. The van der Waals surface area contributed by atoms with Gasteiger partial charge in [0.25, 0.3) is 0 Å². The highest BCUT2D eigenvalue weighted by molar-refractivity contribution is 8.00. The van der Waals surface area contributed by atoms with E-state index in [-0.39, 0.29) is 11.3 Å². The maximum atomic E-state index is 10.8. The zero-order valence-corrected chi connectivity index (χ0v) is 9.46. The van der Waals surface area contributed by atoms with Crippen LogP contribution in [0.15, 0.2) is 47.4 Å². The molecule has 0 bridgehead atoms. The van der Waals surface area contributed by atoms with E-state index in [9.17, 15) is 4.79 Å². The first-order valence-corrected chi connectivity index (χ1v) is 6.15. The van der Waals surface area contributed by atoms with Crippen LogP contribution < -0.4 is 5.32 Å². The van der Waals surface area contributed by atoms with Crippen molar-refractivity contribution in [3.8, 4) is 0 Å². The van der Waals surface area contributed by atoms with Crippen molar-refractivity contribution in [1.29, 1.82) is 0 Å². The Hall–Kier alpha value is -1.48. The van der Waals surface area contributed by atoms with E-state index in [1.807, 2.05) is 12.1 Å². The van der Waals surface area contributed by atoms with Crippen LogP contribution in [-0.4, -0.2) is 11.3 Å². The molecule has 0 aromatic heterocycles. The Labute approximate surface area is 98.0 Å². The molecule has 1 fully saturated rings. The van der Waals surface area contributed by atoms with Gasteiger partial charge in [-0.3, -0.25) is 4.79 Å². The summed E-state index contributed by atoms with van der Waals surface area (Å²) in [6.07, 6.45) is 0.633. The fourth-order valence-electron chi connectivity index (χ4n) is 1.85. The van der Waals surface area contributed by atoms with Crippen molar-refractivity contribution in [3.63, 3.8) is 0 Å². The number of rotatable bonds is 2. The molecule has 1 amide bonds. The van der Waals surface area contributed by atoms with Crippen molar-refractivity contribution in [2.75, 3.05) is 0 Å². The zero-order chi connectivity index (χ0) is 11.0. The van der Waals surface area contributed by atoms with E-state index in [0.29, 0.717) is 6.42 Å². The van der Waals surface area contributed by atoms with Gasteiger partial charge in [0.05, 0.1) is 11.8 Å². The van der Waals surface area contributed by atoms with E-state index in [2.05, 4.69) is 35.6 Å². The van der Waals surface area contributed by atoms with Crippen LogP contribution in [0.25, 0.3) is 10.8 Å². The lowest BCUT2D eigenvalue weighted by molar-refractivity contribution is -0.126. The predicted octanol–water partition coefficient (Wildman–Crippen LogP) is 2.78. The van der Waals surface area contributed by atoms with Crippen molar-refractivity contribution in [1.82, 2.24) is 5.32 Å². The quantitative estimate of drug-likeness (QED) is 0.802. The van der Waals surface area contributed by atoms with Gasteiger partial charge in [-0.25, -0.2) is 0 Å². The molecule has 2 aromatic rings. The maximum absolute atomic E-state index is 10.8. The van der Waals surface area contributed by atoms with Crippen LogP contribution >= 0.6 is 11.8 Å². The van der Waals surface area contributed by atoms with E-state index in [1.54, 1.807) is 11.8 Å². The summed E-state index contributed by atoms with van der Waals surface area (Å²) in [5, 5.41) is 5.64. The minimum Gasteiger partial charge on any atom is -0.343 e. The summed E-state index contributed by atoms with van der Waals surface area (Å²) in [6, 6.07) is 14.6. The van der Waals surface area contributed by atoms with Crippen LogP contribution in [0.2, 0.25) is 0 Å². The standard InChI is InChI=1S/C13H11NOS/c15-12-8-13(14-12)16-11-7-3-5-9-4-1-2-6-10(9)11/h1-7,13H,8H2,(H,14,15). The molecule has 3 rings (SSSR count). The number of carbonyl (C=O) groups is 1. The molecule has 1 saturated heterocycles. The first-order chi connectivity index (χ1) is 7.83. The molecule has 0 aliphatic carbocycles. The molecule has 16 heavy (non-hydrogen) atoms. The Morgan fingerprint density at radius 2 is 1.88 bits per heavy atom. The molecule has 1 aliphatic heterocycles. The summed E-state index contributed by atoms with van der Waals surface area (Å²) in [5.74, 6) is 0.151. The molecule has 2 nitrogen and oxygen atoms in total. The van der Waals surface area contributed by atoms with Gasteiger partial charge in [0.1, 0.15) is 0 Å². The normalized spacial score (nSPS) is 19.2. The van der Waals surface area contributed by atoms with Gasteiger partial charge < -0.3 is 5.32 Å². The van der Waals surface area contributed by atoms with Crippen LogP contribution in [0.3, 0.4) is 0 Å². The van der Waals surface area contributed by atoms with Crippen LogP contribution in [0.5, 0.6) is 0 Å². The fraction of sp³-hybridized carbons (Fsp3) is 0.154. The Bertz CT molecular complexity index is 539. The summed E-state index contributed by atoms with van der Waals surface area (Å²) in [7, 11) is 0. The average molecular weight is 229 g/mol. The van der Waals surface area contributed by atoms with Gasteiger partial charge in [-0.05, 0) is 16.8 Å². The van der Waals surface area contributed by atoms with Gasteiger partial charge >= 0.3 is 0 Å². The highest BCUT2D eigenvalue weighted by atomic mass is 32.2. The van der Waals surface area contributed by atoms with Gasteiger partial charge in [-0.2, -0.15) is 0 Å². The average Bonchev–Trinajstić information content (AvgIpc) is 2.27. The highest BCUT2D eigenvalue weighted by Crippen LogP contribution is 2.33. The molecule has 1 N–H and O–H groups in total. The third-order valence-corrected chi connectivity index (χ3v) is 3.89. The molecule has 1 aliphatic rings. The summed E-state index contributed by atoms with van der Waals surface area (Å²) in [5.41, 5.74) is 0. The van der Waals surface area contributed by atoms with E-state index in [0.717, 1.165) is 0 Å². The van der Waals surface area contributed by atoms with Gasteiger partial charge in [0.15, 0.2) is 0 Å². The van der Waals surface area contributed by atoms with Crippen molar-refractivity contribution in [2.24, 2.45) is 0 Å². The number of nitrogens with one attached hydrogen (secondary N) is 1. The molecule has 0 radical (unpaired) electrons. The fourth-order valence-corrected chi connectivity index (χ4v) is 3.05. The number of fused-ring (bicyclic) bond motifs is 1. The lowest BCUT2D eigenvalue weighted by Crippen LogP contribution is -2.46. The first kappa shape index (κ1) is 9.73. The van der Waals surface area contributed by atoms with Gasteiger partial charge in [0.2, 0.25) is 5.91 Å². The molecule has 1 atom stereocenters. The number of benzene rings is 2. The summed E-state index contributed by atoms with van der Waals surface area (Å²) < 4.78 is 0. The number of thioether (sulfide) groups is 1. The van der Waals surface area contributed by atoms with E-state index >= 15 is 0 Å². The minimum atomic E-state index is 0.151. The van der Waals surface area contributed by atoms with Crippen LogP contribution in [0.1, 0.15) is 6.42 Å². The Kier molecular flexibility index (Phi) is 2.33. The van der Waals surface area contributed by atoms with Crippen LogP contribution in [-0.2, 0) is 4.79 Å². The minimum absolute atomic E-state index is 0.151. The number of carbonyl (C=O) groups excluding carboxylic acids is 1. The second kappa shape index (κ2) is 3.83. The third-order valence-electron chi connectivity index (χ3n) is 2.71. The molecule has 1 unspecified atom stereocenters. The maximum Gasteiger partial charge on any atom is 0.223 e. The molecule has 80 valence electrons. The number of amides is 1. The van der Waals surface area contributed by atoms with E-state index < -0.39 is 0 Å². The van der Waals surface area contributed by atoms with Gasteiger partial charge in [0, 0.05) is 4.90 Å². The lowest BCUT2D eigenvalue weighted by atomic mass is 10.1. The smallest absolute Gasteiger partial charge is 0.223 e. The third kappa shape index (κ3) is 1.67. The SMILES string of the molecule is O=C1CC(Sc2cccc3ccccc23)N1. The summed E-state index contributed by atoms with van der Waals surface area (Å²) >= 11 is 1.73. The van der Waals surface area contributed by atoms with E-state index in [4.69, 9.17) is 0 Å². The largest absolute Gasteiger partial charge is 0.343 e. The number of hydrogen-bond donors (Lipinski definition) is 1. The molecular weight excluding hydrogens is 218 g/mol. The van der Waals surface area contributed by atoms with Gasteiger partial charge in [-0.1, -0.05) is 36.4 Å². The topological polar surface area (TPSA) is 29.1 Å². The van der Waals surface area contributed by atoms with Crippen LogP contribution in [0.4, 0.5) is 0 Å². The van der Waals surface area contributed by atoms with Gasteiger partial charge in [-0.15, -0.1) is 11.8 Å². The number of β-lactam (4-membered cyclic amide) rings is 1. The Morgan fingerprint density at radius 3 is 2.69 bits per heavy atom. The van der Waals surface area contributed by atoms with Crippen molar-refractivity contribution >= 4 is 28.4 Å². The summed E-state index contributed by atoms with van der Waals surface area (Å²) in [4.78, 5) is 12.1. The molecule has 0 saturated carbocycles. The summed E-state index contributed by atoms with van der Waals surface area (Å²) in [6.45, 7) is 0. The van der Waals surface area contributed by atoms with Crippen molar-refractivity contribution in [3.05, 3.63) is 42.5 Å². The van der Waals surface area contributed by atoms with E-state index in [1.165, 1.54) is 15.7 Å². The molecule has 0 spiro atoms. The Balaban J connectivity index is 1.94. The van der Waals surface area contributed by atoms with Crippen LogP contribution in [0, 0.1) is 0 Å².